The number of carbonyl (C=O) groups excluding carboxylic acids is 1. The number of anilines is 1. The molecule has 1 aliphatic rings. The molecule has 3 aromatic rings. The Morgan fingerprint density at radius 2 is 2.04 bits per heavy atom. The molecule has 4 heterocycles. The second-order valence-corrected chi connectivity index (χ2v) is 6.94. The summed E-state index contributed by atoms with van der Waals surface area (Å²) in [6.45, 7) is 5.40. The van der Waals surface area contributed by atoms with Gasteiger partial charge in [0.2, 0.25) is 0 Å². The molecule has 0 spiro atoms. The Kier molecular flexibility index (Phi) is 4.39. The van der Waals surface area contributed by atoms with E-state index in [4.69, 9.17) is 0 Å². The summed E-state index contributed by atoms with van der Waals surface area (Å²) in [6.07, 6.45) is 2.63. The topological polar surface area (TPSA) is 80.9 Å². The third-order valence-electron chi connectivity index (χ3n) is 4.88. The zero-order valence-corrected chi connectivity index (χ0v) is 15.8. The standard InChI is InChI=1S/C19H23N7O/c1-13-10-14(2)26(22-13)15-7-9-25(12-15)19(27)21-18-11-17(23-24(18)3)16-6-4-5-8-20-16/h4-6,8,10-11,15H,7,9,12H2,1-3H3,(H,21,27)/t15-/m1/s1. The number of urea groups is 1. The molecule has 1 N–H and O–H groups in total. The van der Waals surface area contributed by atoms with Crippen molar-refractivity contribution < 1.29 is 4.79 Å². The summed E-state index contributed by atoms with van der Waals surface area (Å²) < 4.78 is 3.70. The lowest BCUT2D eigenvalue weighted by molar-refractivity contribution is 0.220. The van der Waals surface area contributed by atoms with Gasteiger partial charge in [0.1, 0.15) is 11.5 Å². The van der Waals surface area contributed by atoms with E-state index in [1.165, 1.54) is 0 Å². The number of hydrogen-bond donors (Lipinski definition) is 1. The first-order valence-corrected chi connectivity index (χ1v) is 9.05. The number of carbonyl (C=O) groups is 1. The summed E-state index contributed by atoms with van der Waals surface area (Å²) in [5.74, 6) is 0.648. The first kappa shape index (κ1) is 17.3. The number of hydrogen-bond acceptors (Lipinski definition) is 4. The van der Waals surface area contributed by atoms with Crippen molar-refractivity contribution in [2.45, 2.75) is 26.3 Å². The van der Waals surface area contributed by atoms with Crippen LogP contribution in [0.1, 0.15) is 23.9 Å². The Morgan fingerprint density at radius 3 is 2.74 bits per heavy atom. The molecule has 0 radical (unpaired) electrons. The molecule has 1 saturated heterocycles. The van der Waals surface area contributed by atoms with Gasteiger partial charge >= 0.3 is 6.03 Å². The largest absolute Gasteiger partial charge is 0.323 e. The lowest BCUT2D eigenvalue weighted by Gasteiger charge is -2.18. The lowest BCUT2D eigenvalue weighted by atomic mass is 10.2. The average molecular weight is 365 g/mol. The maximum absolute atomic E-state index is 12.7. The fraction of sp³-hybridized carbons (Fsp3) is 0.368. The minimum Gasteiger partial charge on any atom is -0.322 e. The first-order valence-electron chi connectivity index (χ1n) is 9.05. The molecule has 0 aliphatic carbocycles. The van der Waals surface area contributed by atoms with Gasteiger partial charge in [-0.2, -0.15) is 10.2 Å². The van der Waals surface area contributed by atoms with Crippen molar-refractivity contribution in [3.05, 3.63) is 47.9 Å². The predicted molar refractivity (Wildman–Crippen MR) is 102 cm³/mol. The van der Waals surface area contributed by atoms with Crippen LogP contribution in [0.3, 0.4) is 0 Å². The van der Waals surface area contributed by atoms with Crippen molar-refractivity contribution in [2.24, 2.45) is 7.05 Å². The zero-order valence-electron chi connectivity index (χ0n) is 15.8. The second-order valence-electron chi connectivity index (χ2n) is 6.94. The molecule has 27 heavy (non-hydrogen) atoms. The van der Waals surface area contributed by atoms with Crippen molar-refractivity contribution in [1.82, 2.24) is 29.4 Å². The third kappa shape index (κ3) is 3.42. The van der Waals surface area contributed by atoms with Crippen LogP contribution in [0.15, 0.2) is 36.5 Å². The number of rotatable bonds is 3. The molecule has 0 unspecified atom stereocenters. The molecule has 2 amide bonds. The summed E-state index contributed by atoms with van der Waals surface area (Å²) in [6, 6.07) is 9.69. The highest BCUT2D eigenvalue weighted by atomic mass is 16.2. The Hall–Kier alpha value is -3.16. The molecule has 3 aromatic heterocycles. The van der Waals surface area contributed by atoms with Crippen molar-refractivity contribution in [3.63, 3.8) is 0 Å². The Labute approximate surface area is 157 Å². The number of nitrogens with one attached hydrogen (secondary N) is 1. The molecule has 0 saturated carbocycles. The van der Waals surface area contributed by atoms with Crippen molar-refractivity contribution >= 4 is 11.8 Å². The highest BCUT2D eigenvalue weighted by Crippen LogP contribution is 2.24. The van der Waals surface area contributed by atoms with Gasteiger partial charge in [-0.25, -0.2) is 4.79 Å². The molecular weight excluding hydrogens is 342 g/mol. The van der Waals surface area contributed by atoms with E-state index >= 15 is 0 Å². The van der Waals surface area contributed by atoms with E-state index < -0.39 is 0 Å². The Morgan fingerprint density at radius 1 is 1.19 bits per heavy atom. The van der Waals surface area contributed by atoms with E-state index in [1.54, 1.807) is 10.9 Å². The van der Waals surface area contributed by atoms with Crippen LogP contribution >= 0.6 is 0 Å². The minimum absolute atomic E-state index is 0.116. The van der Waals surface area contributed by atoms with E-state index in [2.05, 4.69) is 33.5 Å². The van der Waals surface area contributed by atoms with E-state index in [9.17, 15) is 4.79 Å². The summed E-state index contributed by atoms with van der Waals surface area (Å²) >= 11 is 0. The van der Waals surface area contributed by atoms with Gasteiger partial charge in [-0.1, -0.05) is 6.07 Å². The molecule has 0 bridgehead atoms. The molecule has 1 aliphatic heterocycles. The van der Waals surface area contributed by atoms with Crippen LogP contribution in [0.25, 0.3) is 11.4 Å². The lowest BCUT2D eigenvalue weighted by Crippen LogP contribution is -2.34. The number of amides is 2. The summed E-state index contributed by atoms with van der Waals surface area (Å²) in [4.78, 5) is 18.8. The van der Waals surface area contributed by atoms with Crippen LogP contribution in [-0.2, 0) is 7.05 Å². The fourth-order valence-electron chi connectivity index (χ4n) is 3.55. The number of likely N-dealkylation sites (tertiary alicyclic amines) is 1. The Balaban J connectivity index is 1.44. The van der Waals surface area contributed by atoms with Gasteiger partial charge in [0.25, 0.3) is 0 Å². The maximum atomic E-state index is 12.7. The maximum Gasteiger partial charge on any atom is 0.323 e. The van der Waals surface area contributed by atoms with Gasteiger partial charge in [0, 0.05) is 38.1 Å². The molecular formula is C19H23N7O. The number of aryl methyl sites for hydroxylation is 3. The van der Waals surface area contributed by atoms with Crippen molar-refractivity contribution in [1.29, 1.82) is 0 Å². The second kappa shape index (κ2) is 6.86. The zero-order chi connectivity index (χ0) is 19.0. The number of aromatic nitrogens is 5. The average Bonchev–Trinajstić information content (AvgIpc) is 3.35. The van der Waals surface area contributed by atoms with Crippen LogP contribution < -0.4 is 5.32 Å². The van der Waals surface area contributed by atoms with Gasteiger partial charge in [-0.3, -0.25) is 19.7 Å². The molecule has 8 nitrogen and oxygen atoms in total. The Bertz CT molecular complexity index is 960. The fourth-order valence-corrected chi connectivity index (χ4v) is 3.55. The smallest absolute Gasteiger partial charge is 0.322 e. The quantitative estimate of drug-likeness (QED) is 0.774. The number of pyridine rings is 1. The van der Waals surface area contributed by atoms with Gasteiger partial charge in [-0.15, -0.1) is 0 Å². The first-order chi connectivity index (χ1) is 13.0. The van der Waals surface area contributed by atoms with E-state index in [0.717, 1.165) is 29.2 Å². The van der Waals surface area contributed by atoms with Crippen LogP contribution in [-0.4, -0.2) is 48.6 Å². The number of nitrogens with zero attached hydrogens (tertiary/aromatic N) is 6. The van der Waals surface area contributed by atoms with Crippen LogP contribution in [0.2, 0.25) is 0 Å². The molecule has 1 fully saturated rings. The van der Waals surface area contributed by atoms with Crippen molar-refractivity contribution in [2.75, 3.05) is 18.4 Å². The molecule has 140 valence electrons. The highest BCUT2D eigenvalue weighted by molar-refractivity contribution is 5.89. The van der Waals surface area contributed by atoms with Gasteiger partial charge in [-0.05, 0) is 38.5 Å². The van der Waals surface area contributed by atoms with Crippen molar-refractivity contribution in [3.8, 4) is 11.4 Å². The van der Waals surface area contributed by atoms with Crippen LogP contribution in [0, 0.1) is 13.8 Å². The molecule has 4 rings (SSSR count). The van der Waals surface area contributed by atoms with Crippen LogP contribution in [0.5, 0.6) is 0 Å². The monoisotopic (exact) mass is 365 g/mol. The third-order valence-corrected chi connectivity index (χ3v) is 4.88. The van der Waals surface area contributed by atoms with Gasteiger partial charge in [0.15, 0.2) is 0 Å². The van der Waals surface area contributed by atoms with Crippen LogP contribution in [0.4, 0.5) is 10.6 Å². The molecule has 8 heteroatoms. The normalized spacial score (nSPS) is 16.7. The summed E-state index contributed by atoms with van der Waals surface area (Å²) in [5, 5.41) is 12.0. The van der Waals surface area contributed by atoms with E-state index in [1.807, 2.05) is 47.8 Å². The molecule has 1 atom stereocenters. The SMILES string of the molecule is Cc1cc(C)n([C@@H]2CCN(C(=O)Nc3cc(-c4ccccn4)nn3C)C2)n1. The summed E-state index contributed by atoms with van der Waals surface area (Å²) in [5.41, 5.74) is 3.65. The van der Waals surface area contributed by atoms with E-state index in [-0.39, 0.29) is 12.1 Å². The highest BCUT2D eigenvalue weighted by Gasteiger charge is 2.29. The minimum atomic E-state index is -0.116. The van der Waals surface area contributed by atoms with Gasteiger partial charge in [0.05, 0.1) is 17.4 Å². The predicted octanol–water partition coefficient (Wildman–Crippen LogP) is 2.77. The summed E-state index contributed by atoms with van der Waals surface area (Å²) in [7, 11) is 1.81. The molecule has 0 aromatic carbocycles. The van der Waals surface area contributed by atoms with E-state index in [0.29, 0.717) is 18.9 Å². The van der Waals surface area contributed by atoms with Gasteiger partial charge < -0.3 is 4.90 Å².